The third-order valence-electron chi connectivity index (χ3n) is 2.85. The molecule has 0 saturated carbocycles. The molecular formula is C14H18N2OS. The highest BCUT2D eigenvalue weighted by Crippen LogP contribution is 2.27. The summed E-state index contributed by atoms with van der Waals surface area (Å²) in [5, 5.41) is 3.12. The number of aromatic nitrogens is 1. The van der Waals surface area contributed by atoms with E-state index in [1.54, 1.807) is 18.4 Å². The highest BCUT2D eigenvalue weighted by Gasteiger charge is 2.14. The van der Waals surface area contributed by atoms with Crippen molar-refractivity contribution in [2.24, 2.45) is 5.73 Å². The first-order valence-corrected chi connectivity index (χ1v) is 6.79. The lowest BCUT2D eigenvalue weighted by atomic mass is 10.0. The number of hydrogen-bond acceptors (Lipinski definition) is 4. The lowest BCUT2D eigenvalue weighted by Gasteiger charge is -2.15. The first-order chi connectivity index (χ1) is 8.60. The average Bonchev–Trinajstić information content (AvgIpc) is 2.74. The van der Waals surface area contributed by atoms with Crippen molar-refractivity contribution in [2.75, 3.05) is 7.11 Å². The Hall–Kier alpha value is -1.39. The van der Waals surface area contributed by atoms with E-state index in [9.17, 15) is 0 Å². The summed E-state index contributed by atoms with van der Waals surface area (Å²) < 4.78 is 5.39. The van der Waals surface area contributed by atoms with Gasteiger partial charge in [-0.1, -0.05) is 12.1 Å². The van der Waals surface area contributed by atoms with Crippen molar-refractivity contribution in [3.8, 4) is 5.75 Å². The number of methoxy groups -OCH3 is 1. The minimum atomic E-state index is -0.0777. The molecule has 2 N–H and O–H groups in total. The fourth-order valence-electron chi connectivity index (χ4n) is 1.92. The molecule has 18 heavy (non-hydrogen) atoms. The number of ether oxygens (including phenoxy) is 1. The second kappa shape index (κ2) is 5.50. The minimum absolute atomic E-state index is 0.0777. The van der Waals surface area contributed by atoms with Crippen molar-refractivity contribution >= 4 is 11.3 Å². The molecule has 0 radical (unpaired) electrons. The zero-order valence-corrected chi connectivity index (χ0v) is 11.8. The molecule has 0 bridgehead atoms. The lowest BCUT2D eigenvalue weighted by molar-refractivity contribution is 0.405. The number of rotatable bonds is 4. The van der Waals surface area contributed by atoms with E-state index in [0.29, 0.717) is 0 Å². The quantitative estimate of drug-likeness (QED) is 0.921. The summed E-state index contributed by atoms with van der Waals surface area (Å²) in [7, 11) is 1.68. The summed E-state index contributed by atoms with van der Waals surface area (Å²) in [6, 6.07) is 6.04. The Balaban J connectivity index is 2.20. The molecule has 1 aromatic carbocycles. The zero-order valence-electron chi connectivity index (χ0n) is 10.9. The zero-order chi connectivity index (χ0) is 13.1. The molecule has 0 saturated heterocycles. The molecule has 96 valence electrons. The van der Waals surface area contributed by atoms with Crippen molar-refractivity contribution in [1.82, 2.24) is 4.98 Å². The number of nitrogens with zero attached hydrogens (tertiary/aromatic N) is 1. The molecule has 1 unspecified atom stereocenters. The third kappa shape index (κ3) is 2.89. The van der Waals surface area contributed by atoms with Gasteiger partial charge in [0.1, 0.15) is 5.75 Å². The molecular weight excluding hydrogens is 244 g/mol. The van der Waals surface area contributed by atoms with E-state index in [1.165, 1.54) is 5.56 Å². The second-order valence-electron chi connectivity index (χ2n) is 4.44. The van der Waals surface area contributed by atoms with Gasteiger partial charge in [-0.2, -0.15) is 0 Å². The van der Waals surface area contributed by atoms with Crippen LogP contribution in [0.2, 0.25) is 0 Å². The highest BCUT2D eigenvalue weighted by atomic mass is 32.1. The van der Waals surface area contributed by atoms with Crippen molar-refractivity contribution in [2.45, 2.75) is 26.3 Å². The van der Waals surface area contributed by atoms with Crippen LogP contribution in [0, 0.1) is 13.8 Å². The second-order valence-corrected chi connectivity index (χ2v) is 5.38. The summed E-state index contributed by atoms with van der Waals surface area (Å²) in [6.07, 6.45) is 0.748. The predicted octanol–water partition coefficient (Wildman–Crippen LogP) is 3.01. The van der Waals surface area contributed by atoms with Gasteiger partial charge >= 0.3 is 0 Å². The molecule has 1 aromatic heterocycles. The topological polar surface area (TPSA) is 48.1 Å². The molecule has 3 nitrogen and oxygen atoms in total. The van der Waals surface area contributed by atoms with Crippen LogP contribution in [0.25, 0.3) is 0 Å². The Morgan fingerprint density at radius 1 is 1.39 bits per heavy atom. The van der Waals surface area contributed by atoms with Gasteiger partial charge in [0.05, 0.1) is 12.1 Å². The summed E-state index contributed by atoms with van der Waals surface area (Å²) >= 11 is 1.66. The molecule has 2 aromatic rings. The van der Waals surface area contributed by atoms with E-state index < -0.39 is 0 Å². The molecule has 0 spiro atoms. The van der Waals surface area contributed by atoms with Crippen LogP contribution in [-0.4, -0.2) is 12.1 Å². The van der Waals surface area contributed by atoms with Crippen molar-refractivity contribution < 1.29 is 4.74 Å². The van der Waals surface area contributed by atoms with E-state index in [4.69, 9.17) is 10.5 Å². The Morgan fingerprint density at radius 3 is 2.78 bits per heavy atom. The van der Waals surface area contributed by atoms with E-state index >= 15 is 0 Å². The fraction of sp³-hybridized carbons (Fsp3) is 0.357. The summed E-state index contributed by atoms with van der Waals surface area (Å²) in [4.78, 5) is 4.45. The van der Waals surface area contributed by atoms with E-state index in [1.807, 2.05) is 26.0 Å². The fourth-order valence-corrected chi connectivity index (χ4v) is 2.75. The Bertz CT molecular complexity index is 536. The maximum absolute atomic E-state index is 6.25. The van der Waals surface area contributed by atoms with Gasteiger partial charge in [-0.15, -0.1) is 11.3 Å². The highest BCUT2D eigenvalue weighted by molar-refractivity contribution is 7.09. The van der Waals surface area contributed by atoms with Gasteiger partial charge in [0.25, 0.3) is 0 Å². The van der Waals surface area contributed by atoms with Gasteiger partial charge in [-0.3, -0.25) is 0 Å². The molecule has 1 atom stereocenters. The minimum Gasteiger partial charge on any atom is -0.496 e. The average molecular weight is 262 g/mol. The lowest BCUT2D eigenvalue weighted by Crippen LogP contribution is -2.14. The molecule has 1 heterocycles. The molecule has 0 aliphatic carbocycles. The molecule has 0 amide bonds. The smallest absolute Gasteiger partial charge is 0.123 e. The Kier molecular flexibility index (Phi) is 3.99. The van der Waals surface area contributed by atoms with Crippen LogP contribution in [0.1, 0.15) is 27.9 Å². The summed E-state index contributed by atoms with van der Waals surface area (Å²) in [6.45, 7) is 4.04. The predicted molar refractivity (Wildman–Crippen MR) is 75.2 cm³/mol. The summed E-state index contributed by atoms with van der Waals surface area (Å²) in [5.74, 6) is 0.857. The van der Waals surface area contributed by atoms with Gasteiger partial charge in [-0.25, -0.2) is 4.98 Å². The normalized spacial score (nSPS) is 12.4. The van der Waals surface area contributed by atoms with E-state index in [0.717, 1.165) is 28.4 Å². The van der Waals surface area contributed by atoms with Crippen LogP contribution < -0.4 is 10.5 Å². The van der Waals surface area contributed by atoms with Gasteiger partial charge in [-0.05, 0) is 25.5 Å². The number of hydrogen-bond donors (Lipinski definition) is 1. The molecule has 0 aliphatic rings. The maximum Gasteiger partial charge on any atom is 0.123 e. The molecule has 4 heteroatoms. The molecule has 2 rings (SSSR count). The van der Waals surface area contributed by atoms with Crippen molar-refractivity contribution in [1.29, 1.82) is 0 Å². The van der Waals surface area contributed by atoms with Crippen molar-refractivity contribution in [3.63, 3.8) is 0 Å². The van der Waals surface area contributed by atoms with Crippen LogP contribution in [-0.2, 0) is 6.42 Å². The van der Waals surface area contributed by atoms with Crippen LogP contribution >= 0.6 is 11.3 Å². The Morgan fingerprint density at radius 2 is 2.17 bits per heavy atom. The van der Waals surface area contributed by atoms with Crippen LogP contribution in [0.4, 0.5) is 0 Å². The first kappa shape index (κ1) is 13.1. The number of nitrogens with two attached hydrogens (primary N) is 1. The van der Waals surface area contributed by atoms with Gasteiger partial charge in [0.2, 0.25) is 0 Å². The number of benzene rings is 1. The molecule has 0 fully saturated rings. The Labute approximate surface area is 112 Å². The van der Waals surface area contributed by atoms with Crippen LogP contribution in [0.15, 0.2) is 23.6 Å². The van der Waals surface area contributed by atoms with Gasteiger partial charge < -0.3 is 10.5 Å². The summed E-state index contributed by atoms with van der Waals surface area (Å²) in [5.41, 5.74) is 9.52. The largest absolute Gasteiger partial charge is 0.496 e. The van der Waals surface area contributed by atoms with Gasteiger partial charge in [0, 0.05) is 29.1 Å². The number of aryl methyl sites for hydroxylation is 2. The monoisotopic (exact) mass is 262 g/mol. The van der Waals surface area contributed by atoms with E-state index in [2.05, 4.69) is 16.4 Å². The maximum atomic E-state index is 6.25. The number of thiazole rings is 1. The van der Waals surface area contributed by atoms with E-state index in [-0.39, 0.29) is 6.04 Å². The van der Waals surface area contributed by atoms with Gasteiger partial charge in [0.15, 0.2) is 0 Å². The molecule has 0 aliphatic heterocycles. The first-order valence-electron chi connectivity index (χ1n) is 5.91. The third-order valence-corrected chi connectivity index (χ3v) is 3.84. The van der Waals surface area contributed by atoms with Crippen molar-refractivity contribution in [3.05, 3.63) is 45.4 Å². The van der Waals surface area contributed by atoms with Crippen LogP contribution in [0.5, 0.6) is 5.75 Å². The SMILES string of the molecule is COc1cc(C)ccc1C(N)Cc1nc(C)cs1. The van der Waals surface area contributed by atoms with Crippen LogP contribution in [0.3, 0.4) is 0 Å². The standard InChI is InChI=1S/C14H18N2OS/c1-9-4-5-11(13(6-9)17-3)12(15)7-14-16-10(2)8-18-14/h4-6,8,12H,7,15H2,1-3H3.